The van der Waals surface area contributed by atoms with E-state index in [0.29, 0.717) is 80.2 Å². The van der Waals surface area contributed by atoms with Gasteiger partial charge in [-0.1, -0.05) is 58.8 Å². The number of aromatic nitrogens is 4. The second kappa shape index (κ2) is 21.9. The molecule has 6 aromatic rings. The molecule has 72 heavy (non-hydrogen) atoms. The predicted octanol–water partition coefficient (Wildman–Crippen LogP) is 9.30. The van der Waals surface area contributed by atoms with Crippen molar-refractivity contribution in [3.05, 3.63) is 119 Å². The largest absolute Gasteiger partial charge is 0.480 e. The summed E-state index contributed by atoms with van der Waals surface area (Å²) in [4.78, 5) is 60.8. The first-order valence-electron chi connectivity index (χ1n) is 22.7. The van der Waals surface area contributed by atoms with Crippen molar-refractivity contribution in [2.24, 2.45) is 10.8 Å². The van der Waals surface area contributed by atoms with Crippen molar-refractivity contribution < 1.29 is 74.3 Å². The molecule has 0 aliphatic carbocycles. The maximum atomic E-state index is 12.8. The molecule has 0 bridgehead atoms. The van der Waals surface area contributed by atoms with Gasteiger partial charge in [-0.05, 0) is 99.2 Å². The number of likely N-dealkylation sites (tertiary alicyclic amines) is 2. The molecule has 0 atom stereocenters. The Bertz CT molecular complexity index is 2780. The molecule has 2 fully saturated rings. The van der Waals surface area contributed by atoms with Crippen molar-refractivity contribution in [3.8, 4) is 45.7 Å². The minimum Gasteiger partial charge on any atom is -0.480 e. The number of carboxylic acids is 2. The van der Waals surface area contributed by atoms with Gasteiger partial charge in [0.05, 0.1) is 24.3 Å². The number of aliphatic carboxylic acids is 2. The fraction of sp³-hybridized carbons (Fsp3) is 0.360. The molecule has 4 heterocycles. The summed E-state index contributed by atoms with van der Waals surface area (Å²) in [5.74, 6) is -2.85. The number of nitrogens with zero attached hydrogens (tertiary/aromatic N) is 6. The van der Waals surface area contributed by atoms with E-state index in [0.717, 1.165) is 35.4 Å². The van der Waals surface area contributed by atoms with Gasteiger partial charge in [0.15, 0.2) is 10.8 Å². The molecule has 2 aliphatic rings. The highest BCUT2D eigenvalue weighted by atomic mass is 19.4. The van der Waals surface area contributed by atoms with Gasteiger partial charge in [0.25, 0.3) is 11.8 Å². The smallest absolute Gasteiger partial charge is 0.416 e. The van der Waals surface area contributed by atoms with Crippen LogP contribution in [0.25, 0.3) is 45.7 Å². The Morgan fingerprint density at radius 3 is 1.15 bits per heavy atom. The van der Waals surface area contributed by atoms with Crippen molar-refractivity contribution in [1.29, 1.82) is 0 Å². The first kappa shape index (κ1) is 52.4. The third kappa shape index (κ3) is 12.0. The molecule has 8 rings (SSSR count). The molecule has 2 N–H and O–H groups in total. The topological polar surface area (TPSA) is 212 Å². The normalized spacial score (nSPS) is 16.0. The fourth-order valence-electron chi connectivity index (χ4n) is 8.29. The van der Waals surface area contributed by atoms with Crippen molar-refractivity contribution in [3.63, 3.8) is 0 Å². The van der Waals surface area contributed by atoms with Crippen LogP contribution in [-0.2, 0) is 54.1 Å². The van der Waals surface area contributed by atoms with E-state index in [1.54, 1.807) is 26.0 Å². The lowest BCUT2D eigenvalue weighted by atomic mass is 9.78. The van der Waals surface area contributed by atoms with Gasteiger partial charge >= 0.3 is 36.2 Å². The van der Waals surface area contributed by atoms with Gasteiger partial charge in [0.1, 0.15) is 0 Å². The molecule has 380 valence electrons. The lowest BCUT2D eigenvalue weighted by Crippen LogP contribution is -2.50. The number of hydrogen-bond acceptors (Lipinski definition) is 14. The number of ether oxygens (including phenoxy) is 2. The maximum Gasteiger partial charge on any atom is 0.416 e. The summed E-state index contributed by atoms with van der Waals surface area (Å²) < 4.78 is 97.4. The van der Waals surface area contributed by atoms with Crippen LogP contribution in [0.2, 0.25) is 0 Å². The zero-order chi connectivity index (χ0) is 51.8. The van der Waals surface area contributed by atoms with Gasteiger partial charge in [-0.15, -0.1) is 0 Å². The highest BCUT2D eigenvalue weighted by molar-refractivity contribution is 6.00. The number of halogens is 6. The number of hydrogen-bond donors (Lipinski definition) is 2. The summed E-state index contributed by atoms with van der Waals surface area (Å²) in [5.41, 5.74) is -0.465. The highest BCUT2D eigenvalue weighted by Crippen LogP contribution is 2.37. The van der Waals surface area contributed by atoms with E-state index in [4.69, 9.17) is 18.5 Å². The Hall–Kier alpha value is -7.46. The molecule has 0 saturated carbocycles. The van der Waals surface area contributed by atoms with Crippen LogP contribution in [-0.4, -0.2) is 104 Å². The molecule has 0 amide bonds. The molecule has 0 spiro atoms. The van der Waals surface area contributed by atoms with Gasteiger partial charge in [-0.25, -0.2) is 0 Å². The summed E-state index contributed by atoms with van der Waals surface area (Å²) in [7, 11) is 0. The van der Waals surface area contributed by atoms with Crippen LogP contribution in [0.3, 0.4) is 0 Å². The minimum absolute atomic E-state index is 0.0331. The molecule has 2 aliphatic heterocycles. The minimum atomic E-state index is -4.43. The monoisotopic (exact) mass is 1010 g/mol. The SMILES string of the molecule is CCOC(=O)C1(C(=O)OCC)CCN(Cc2ccc(-c3noc(-c4ccc(C(F)(F)F)cc4)n3)cc2)CC1.O=C(O)C1(C(=O)O)CCN(Cc2ccc(-c3noc(-c4ccc(C(F)(F)F)cc4)n3)cc2)CC1. The lowest BCUT2D eigenvalue weighted by Gasteiger charge is -2.38. The molecule has 4 aromatic carbocycles. The Labute approximate surface area is 407 Å². The number of carbonyl (C=O) groups excluding carboxylic acids is 2. The summed E-state index contributed by atoms with van der Waals surface area (Å²) in [6.45, 7) is 6.71. The molecule has 22 heteroatoms. The van der Waals surface area contributed by atoms with Gasteiger partial charge < -0.3 is 28.7 Å². The number of esters is 2. The van der Waals surface area contributed by atoms with E-state index >= 15 is 0 Å². The quantitative estimate of drug-likeness (QED) is 0.0591. The van der Waals surface area contributed by atoms with Crippen molar-refractivity contribution >= 4 is 23.9 Å². The predicted molar refractivity (Wildman–Crippen MR) is 243 cm³/mol. The van der Waals surface area contributed by atoms with Crippen molar-refractivity contribution in [2.45, 2.75) is 65.0 Å². The summed E-state index contributed by atoms with van der Waals surface area (Å²) in [6, 6.07) is 23.7. The first-order chi connectivity index (χ1) is 34.2. The van der Waals surface area contributed by atoms with E-state index < -0.39 is 58.2 Å². The van der Waals surface area contributed by atoms with E-state index in [1.165, 1.54) is 24.3 Å². The number of piperidine rings is 2. The zero-order valence-corrected chi connectivity index (χ0v) is 38.8. The van der Waals surface area contributed by atoms with Crippen LogP contribution >= 0.6 is 0 Å². The zero-order valence-electron chi connectivity index (χ0n) is 38.8. The second-order valence-corrected chi connectivity index (χ2v) is 17.2. The summed E-state index contributed by atoms with van der Waals surface area (Å²) >= 11 is 0. The number of carbonyl (C=O) groups is 4. The Balaban J connectivity index is 0.000000213. The Morgan fingerprint density at radius 2 is 0.847 bits per heavy atom. The summed E-state index contributed by atoms with van der Waals surface area (Å²) in [6.07, 6.45) is -8.14. The van der Waals surface area contributed by atoms with Gasteiger partial charge in [0, 0.05) is 61.5 Å². The third-order valence-corrected chi connectivity index (χ3v) is 12.6. The molecule has 2 saturated heterocycles. The van der Waals surface area contributed by atoms with E-state index in [9.17, 15) is 55.7 Å². The number of benzene rings is 4. The molecular formula is C50H48F6N6O10. The van der Waals surface area contributed by atoms with E-state index in [1.807, 2.05) is 41.3 Å². The Morgan fingerprint density at radius 1 is 0.528 bits per heavy atom. The summed E-state index contributed by atoms with van der Waals surface area (Å²) in [5, 5.41) is 26.5. The van der Waals surface area contributed by atoms with E-state index in [-0.39, 0.29) is 43.7 Å². The molecule has 0 unspecified atom stereocenters. The first-order valence-corrected chi connectivity index (χ1v) is 22.7. The highest BCUT2D eigenvalue weighted by Gasteiger charge is 2.51. The molecular weight excluding hydrogens is 959 g/mol. The van der Waals surface area contributed by atoms with Crippen molar-refractivity contribution in [1.82, 2.24) is 30.1 Å². The average Bonchev–Trinajstić information content (AvgIpc) is 4.07. The fourth-order valence-corrected chi connectivity index (χ4v) is 8.29. The van der Waals surface area contributed by atoms with Gasteiger partial charge in [-0.2, -0.15) is 36.3 Å². The standard InChI is InChI=1S/C27H28F3N3O5.C23H20F3N3O5/c1-3-36-24(34)26(25(35)37-4-2)13-15-33(16-14-26)17-18-5-7-19(8-6-18)22-31-23(38-32-22)20-9-11-21(12-10-20)27(28,29)30;24-23(25,26)17-7-5-16(6-8-17)19-27-18(28-34-19)15-3-1-14(2-4-15)13-29-11-9-22(10-12-29,20(30)31)21(32)33/h5-12H,3-4,13-17H2,1-2H3;1-8H,9-13H2,(H,30,31)(H,32,33). The van der Waals surface area contributed by atoms with Crippen LogP contribution in [0.15, 0.2) is 106 Å². The van der Waals surface area contributed by atoms with E-state index in [2.05, 4.69) is 25.2 Å². The van der Waals surface area contributed by atoms with Crippen LogP contribution in [0.4, 0.5) is 26.3 Å². The second-order valence-electron chi connectivity index (χ2n) is 17.2. The number of carboxylic acid groups (broad SMARTS) is 2. The molecule has 16 nitrogen and oxygen atoms in total. The maximum absolute atomic E-state index is 12.8. The van der Waals surface area contributed by atoms with Crippen LogP contribution in [0.5, 0.6) is 0 Å². The number of alkyl halides is 6. The molecule has 0 radical (unpaired) electrons. The van der Waals surface area contributed by atoms with Gasteiger partial charge in [-0.3, -0.25) is 29.0 Å². The van der Waals surface area contributed by atoms with Crippen LogP contribution < -0.4 is 0 Å². The number of rotatable bonds is 14. The lowest BCUT2D eigenvalue weighted by molar-refractivity contribution is -0.176. The average molecular weight is 1010 g/mol. The Kier molecular flexibility index (Phi) is 15.9. The van der Waals surface area contributed by atoms with Crippen LogP contribution in [0.1, 0.15) is 61.8 Å². The van der Waals surface area contributed by atoms with Crippen LogP contribution in [0, 0.1) is 10.8 Å². The van der Waals surface area contributed by atoms with Crippen molar-refractivity contribution in [2.75, 3.05) is 39.4 Å². The van der Waals surface area contributed by atoms with Gasteiger partial charge in [0.2, 0.25) is 11.6 Å². The molecule has 2 aromatic heterocycles. The third-order valence-electron chi connectivity index (χ3n) is 12.6.